The summed E-state index contributed by atoms with van der Waals surface area (Å²) in [6.07, 6.45) is 0.853. The number of benzene rings is 1. The van der Waals surface area contributed by atoms with E-state index in [4.69, 9.17) is 0 Å². The minimum atomic E-state index is -3.28. The predicted molar refractivity (Wildman–Crippen MR) is 76.0 cm³/mol. The summed E-state index contributed by atoms with van der Waals surface area (Å²) in [5.41, 5.74) is 0.475. The van der Waals surface area contributed by atoms with Crippen molar-refractivity contribution in [2.24, 2.45) is 0 Å². The molecule has 0 aromatic heterocycles. The molecule has 4 nitrogen and oxygen atoms in total. The predicted octanol–water partition coefficient (Wildman–Crippen LogP) is 2.40. The van der Waals surface area contributed by atoms with Crippen LogP contribution in [0.15, 0.2) is 29.2 Å². The van der Waals surface area contributed by atoms with Crippen molar-refractivity contribution in [2.45, 2.75) is 50.3 Å². The van der Waals surface area contributed by atoms with E-state index >= 15 is 0 Å². The van der Waals surface area contributed by atoms with Crippen LogP contribution in [0.1, 0.15) is 44.5 Å². The van der Waals surface area contributed by atoms with Gasteiger partial charge in [-0.15, -0.1) is 0 Å². The molecule has 0 radical (unpaired) electrons. The lowest BCUT2D eigenvalue weighted by Gasteiger charge is -2.12. The second-order valence-electron chi connectivity index (χ2n) is 4.90. The van der Waals surface area contributed by atoms with Crippen LogP contribution >= 0.6 is 0 Å². The van der Waals surface area contributed by atoms with Gasteiger partial charge in [-0.25, -0.2) is 8.42 Å². The van der Waals surface area contributed by atoms with Crippen molar-refractivity contribution in [3.05, 3.63) is 29.8 Å². The van der Waals surface area contributed by atoms with Gasteiger partial charge in [0.05, 0.1) is 10.1 Å². The van der Waals surface area contributed by atoms with Crippen molar-refractivity contribution >= 4 is 15.7 Å². The van der Waals surface area contributed by atoms with E-state index in [1.165, 1.54) is 12.1 Å². The molecule has 0 aliphatic heterocycles. The maximum atomic E-state index is 11.9. The van der Waals surface area contributed by atoms with Crippen LogP contribution in [-0.2, 0) is 9.84 Å². The second-order valence-corrected chi connectivity index (χ2v) is 7.41. The number of carbonyl (C=O) groups excluding carboxylic acids is 1. The largest absolute Gasteiger partial charge is 0.350 e. The normalized spacial score (nSPS) is 13.3. The molecule has 1 rings (SSSR count). The number of sulfone groups is 1. The summed E-state index contributed by atoms with van der Waals surface area (Å²) in [6.45, 7) is 7.19. The van der Waals surface area contributed by atoms with Gasteiger partial charge in [0.1, 0.15) is 0 Å². The highest BCUT2D eigenvalue weighted by Gasteiger charge is 2.19. The van der Waals surface area contributed by atoms with Gasteiger partial charge in [-0.05, 0) is 51.5 Å². The van der Waals surface area contributed by atoms with Crippen LogP contribution in [0.2, 0.25) is 0 Å². The molecule has 0 bridgehead atoms. The summed E-state index contributed by atoms with van der Waals surface area (Å²) in [5, 5.41) is 2.37. The van der Waals surface area contributed by atoms with E-state index in [2.05, 4.69) is 5.32 Å². The fourth-order valence-corrected chi connectivity index (χ4v) is 2.54. The van der Waals surface area contributed by atoms with Gasteiger partial charge in [-0.2, -0.15) is 0 Å². The van der Waals surface area contributed by atoms with Crippen LogP contribution in [0, 0.1) is 0 Å². The monoisotopic (exact) mass is 283 g/mol. The molecule has 5 heteroatoms. The maximum absolute atomic E-state index is 11.9. The lowest BCUT2D eigenvalue weighted by Crippen LogP contribution is -2.31. The van der Waals surface area contributed by atoms with Gasteiger partial charge < -0.3 is 5.32 Å². The van der Waals surface area contributed by atoms with Crippen molar-refractivity contribution in [3.8, 4) is 0 Å². The van der Waals surface area contributed by atoms with E-state index in [9.17, 15) is 13.2 Å². The zero-order valence-electron chi connectivity index (χ0n) is 11.8. The van der Waals surface area contributed by atoms with Crippen molar-refractivity contribution in [1.82, 2.24) is 5.32 Å². The molecule has 1 aromatic carbocycles. The molecule has 0 spiro atoms. The van der Waals surface area contributed by atoms with Crippen LogP contribution in [0.4, 0.5) is 0 Å². The lowest BCUT2D eigenvalue weighted by atomic mass is 10.2. The fourth-order valence-electron chi connectivity index (χ4n) is 1.48. The van der Waals surface area contributed by atoms with E-state index in [1.807, 2.05) is 13.8 Å². The van der Waals surface area contributed by atoms with Crippen LogP contribution < -0.4 is 5.32 Å². The van der Waals surface area contributed by atoms with Gasteiger partial charge in [0.15, 0.2) is 9.84 Å². The molecule has 106 valence electrons. The molecule has 19 heavy (non-hydrogen) atoms. The molecule has 1 amide bonds. The fraction of sp³-hybridized carbons (Fsp3) is 0.500. The summed E-state index contributed by atoms with van der Waals surface area (Å²) in [4.78, 5) is 12.1. The molecule has 0 fully saturated rings. The Balaban J connectivity index is 2.91. The standard InChI is InChI=1S/C14H21NO3S/c1-5-11(4)15-14(16)12-6-8-13(9-7-12)19(17,18)10(2)3/h6-11H,5H2,1-4H3,(H,15,16). The number of hydrogen-bond donors (Lipinski definition) is 1. The molecule has 1 aromatic rings. The summed E-state index contributed by atoms with van der Waals surface area (Å²) in [7, 11) is -3.28. The lowest BCUT2D eigenvalue weighted by molar-refractivity contribution is 0.0939. The highest BCUT2D eigenvalue weighted by molar-refractivity contribution is 7.92. The van der Waals surface area contributed by atoms with Gasteiger partial charge in [-0.3, -0.25) is 4.79 Å². The maximum Gasteiger partial charge on any atom is 0.251 e. The average Bonchev–Trinajstić information content (AvgIpc) is 2.38. The van der Waals surface area contributed by atoms with Crippen LogP contribution in [0.3, 0.4) is 0 Å². The Morgan fingerprint density at radius 3 is 2.11 bits per heavy atom. The Morgan fingerprint density at radius 2 is 1.68 bits per heavy atom. The van der Waals surface area contributed by atoms with E-state index in [1.54, 1.807) is 26.0 Å². The van der Waals surface area contributed by atoms with E-state index in [-0.39, 0.29) is 16.8 Å². The third-order valence-corrected chi connectivity index (χ3v) is 5.23. The Labute approximate surface area is 115 Å². The van der Waals surface area contributed by atoms with Crippen LogP contribution in [0.25, 0.3) is 0 Å². The average molecular weight is 283 g/mol. The molecule has 0 saturated carbocycles. The Kier molecular flexibility index (Phi) is 5.11. The molecule has 1 N–H and O–H groups in total. The van der Waals surface area contributed by atoms with Crippen molar-refractivity contribution in [2.75, 3.05) is 0 Å². The third-order valence-electron chi connectivity index (χ3n) is 3.06. The number of nitrogens with one attached hydrogen (secondary N) is 1. The molecule has 1 unspecified atom stereocenters. The molecule has 0 saturated heterocycles. The molecular weight excluding hydrogens is 262 g/mol. The molecule has 0 heterocycles. The smallest absolute Gasteiger partial charge is 0.251 e. The molecule has 0 aliphatic rings. The van der Waals surface area contributed by atoms with Gasteiger partial charge in [-0.1, -0.05) is 6.92 Å². The SMILES string of the molecule is CCC(C)NC(=O)c1ccc(S(=O)(=O)C(C)C)cc1. The van der Waals surface area contributed by atoms with E-state index in [0.29, 0.717) is 5.56 Å². The third kappa shape index (κ3) is 3.80. The highest BCUT2D eigenvalue weighted by Crippen LogP contribution is 2.16. The first kappa shape index (κ1) is 15.7. The zero-order chi connectivity index (χ0) is 14.6. The van der Waals surface area contributed by atoms with E-state index in [0.717, 1.165) is 6.42 Å². The first-order chi connectivity index (χ1) is 8.78. The van der Waals surface area contributed by atoms with Gasteiger partial charge in [0, 0.05) is 11.6 Å². The van der Waals surface area contributed by atoms with Crippen molar-refractivity contribution < 1.29 is 13.2 Å². The summed E-state index contributed by atoms with van der Waals surface area (Å²) < 4.78 is 23.9. The minimum absolute atomic E-state index is 0.103. The summed E-state index contributed by atoms with van der Waals surface area (Å²) in [6, 6.07) is 6.17. The summed E-state index contributed by atoms with van der Waals surface area (Å²) in [5.74, 6) is -0.178. The quantitative estimate of drug-likeness (QED) is 0.902. The second kappa shape index (κ2) is 6.19. The molecule has 1 atom stereocenters. The van der Waals surface area contributed by atoms with Crippen LogP contribution in [-0.4, -0.2) is 25.6 Å². The minimum Gasteiger partial charge on any atom is -0.350 e. The number of rotatable bonds is 5. The zero-order valence-corrected chi connectivity index (χ0v) is 12.6. The van der Waals surface area contributed by atoms with Crippen molar-refractivity contribution in [3.63, 3.8) is 0 Å². The number of hydrogen-bond acceptors (Lipinski definition) is 3. The van der Waals surface area contributed by atoms with Gasteiger partial charge in [0.25, 0.3) is 5.91 Å². The number of amides is 1. The summed E-state index contributed by atoms with van der Waals surface area (Å²) >= 11 is 0. The Hall–Kier alpha value is -1.36. The van der Waals surface area contributed by atoms with Crippen molar-refractivity contribution in [1.29, 1.82) is 0 Å². The first-order valence-electron chi connectivity index (χ1n) is 6.43. The number of carbonyl (C=O) groups is 1. The molecule has 0 aliphatic carbocycles. The Bertz CT molecular complexity index is 532. The molecular formula is C14H21NO3S. The topological polar surface area (TPSA) is 63.2 Å². The van der Waals surface area contributed by atoms with Gasteiger partial charge in [0.2, 0.25) is 0 Å². The van der Waals surface area contributed by atoms with Gasteiger partial charge >= 0.3 is 0 Å². The Morgan fingerprint density at radius 1 is 1.16 bits per heavy atom. The highest BCUT2D eigenvalue weighted by atomic mass is 32.2. The van der Waals surface area contributed by atoms with E-state index < -0.39 is 15.1 Å². The van der Waals surface area contributed by atoms with Crippen LogP contribution in [0.5, 0.6) is 0 Å². The first-order valence-corrected chi connectivity index (χ1v) is 7.98.